The second-order valence-corrected chi connectivity index (χ2v) is 11.6. The number of carbonyl (C=O) groups excluding carboxylic acids is 1. The lowest BCUT2D eigenvalue weighted by molar-refractivity contribution is -0.111. The van der Waals surface area contributed by atoms with Gasteiger partial charge in [0, 0.05) is 42.3 Å². The van der Waals surface area contributed by atoms with Crippen LogP contribution in [-0.4, -0.2) is 68.2 Å². The number of H-pyrrole nitrogens is 1. The summed E-state index contributed by atoms with van der Waals surface area (Å²) in [5.41, 5.74) is 5.38. The van der Waals surface area contributed by atoms with E-state index >= 15 is 0 Å². The summed E-state index contributed by atoms with van der Waals surface area (Å²) in [7, 11) is 3.92. The van der Waals surface area contributed by atoms with E-state index in [0.717, 1.165) is 65.7 Å². The van der Waals surface area contributed by atoms with Gasteiger partial charge in [0.05, 0.1) is 28.8 Å². The molecule has 0 bridgehead atoms. The van der Waals surface area contributed by atoms with Gasteiger partial charge in [-0.25, -0.2) is 9.97 Å². The van der Waals surface area contributed by atoms with Gasteiger partial charge < -0.3 is 20.9 Å². The van der Waals surface area contributed by atoms with Crippen LogP contribution in [0.3, 0.4) is 0 Å². The van der Waals surface area contributed by atoms with Crippen molar-refractivity contribution in [2.45, 2.75) is 64.1 Å². The third-order valence-electron chi connectivity index (χ3n) is 7.78. The topological polar surface area (TPSA) is 124 Å². The number of carbonyl (C=O) groups is 1. The molecule has 0 aliphatic heterocycles. The van der Waals surface area contributed by atoms with Gasteiger partial charge >= 0.3 is 0 Å². The molecule has 1 aromatic carbocycles. The SMILES string of the molecule is CCc1cnc(N[C@@H]2CCCC(C)(NCc3ccc(NC(=O)/C=C/CN(C)C)cn3)C2)nc1-c1n[nH]c2ccccc12. The van der Waals surface area contributed by atoms with Gasteiger partial charge in [0.15, 0.2) is 0 Å². The summed E-state index contributed by atoms with van der Waals surface area (Å²) in [5, 5.41) is 19.0. The van der Waals surface area contributed by atoms with Crippen molar-refractivity contribution >= 4 is 28.4 Å². The third-order valence-corrected chi connectivity index (χ3v) is 7.78. The summed E-state index contributed by atoms with van der Waals surface area (Å²) in [4.78, 5) is 28.3. The van der Waals surface area contributed by atoms with Crippen molar-refractivity contribution in [3.8, 4) is 11.4 Å². The molecular formula is C32H41N9O. The number of benzene rings is 1. The number of aryl methyl sites for hydroxylation is 1. The molecule has 10 nitrogen and oxygen atoms in total. The number of hydrogen-bond acceptors (Lipinski definition) is 8. The van der Waals surface area contributed by atoms with E-state index in [1.54, 1.807) is 12.3 Å². The molecule has 1 aliphatic carbocycles. The first-order valence-corrected chi connectivity index (χ1v) is 14.7. The lowest BCUT2D eigenvalue weighted by Gasteiger charge is -2.39. The molecule has 4 aromatic rings. The zero-order chi connectivity index (χ0) is 29.5. The number of likely N-dealkylation sites (N-methyl/N-ethyl adjacent to an activating group) is 1. The Hall–Kier alpha value is -4.15. The van der Waals surface area contributed by atoms with Gasteiger partial charge in [0.25, 0.3) is 0 Å². The van der Waals surface area contributed by atoms with Crippen molar-refractivity contribution in [1.29, 1.82) is 0 Å². The van der Waals surface area contributed by atoms with Crippen LogP contribution >= 0.6 is 0 Å². The maximum atomic E-state index is 12.1. The van der Waals surface area contributed by atoms with Crippen LogP contribution < -0.4 is 16.0 Å². The number of para-hydroxylation sites is 1. The molecule has 0 spiro atoms. The Kier molecular flexibility index (Phi) is 9.24. The lowest BCUT2D eigenvalue weighted by Crippen LogP contribution is -2.48. The van der Waals surface area contributed by atoms with Crippen molar-refractivity contribution < 1.29 is 4.79 Å². The Bertz CT molecular complexity index is 1530. The van der Waals surface area contributed by atoms with E-state index in [0.29, 0.717) is 24.7 Å². The summed E-state index contributed by atoms with van der Waals surface area (Å²) in [6, 6.07) is 12.2. The van der Waals surface area contributed by atoms with Crippen LogP contribution in [0.1, 0.15) is 50.8 Å². The van der Waals surface area contributed by atoms with E-state index in [2.05, 4.69) is 56.0 Å². The van der Waals surface area contributed by atoms with E-state index in [-0.39, 0.29) is 17.5 Å². The molecule has 3 aromatic heterocycles. The predicted octanol–water partition coefficient (Wildman–Crippen LogP) is 4.94. The fraction of sp³-hybridized carbons (Fsp3) is 0.406. The smallest absolute Gasteiger partial charge is 0.248 e. The minimum absolute atomic E-state index is 0.0493. The summed E-state index contributed by atoms with van der Waals surface area (Å²) >= 11 is 0. The summed E-state index contributed by atoms with van der Waals surface area (Å²) in [6.45, 7) is 5.76. The highest BCUT2D eigenvalue weighted by Crippen LogP contribution is 2.32. The molecule has 1 aliphatic rings. The molecule has 0 saturated heterocycles. The van der Waals surface area contributed by atoms with Crippen molar-refractivity contribution in [1.82, 2.24) is 35.4 Å². The van der Waals surface area contributed by atoms with Crippen LogP contribution in [0.2, 0.25) is 0 Å². The molecule has 1 saturated carbocycles. The molecule has 220 valence electrons. The third kappa shape index (κ3) is 7.37. The van der Waals surface area contributed by atoms with E-state index < -0.39 is 0 Å². The predicted molar refractivity (Wildman–Crippen MR) is 168 cm³/mol. The van der Waals surface area contributed by atoms with E-state index in [1.807, 2.05) is 61.6 Å². The number of aromatic nitrogens is 5. The first kappa shape index (κ1) is 29.3. The standard InChI is InChI=1S/C32H41N9O/c1-5-22-19-34-31(38-29(22)30-26-11-6-7-12-27(26)39-40-30)37-23-10-8-16-32(2,18-23)35-21-24-14-15-25(20-33-24)36-28(42)13-9-17-41(3)4/h6-7,9,11-15,19-20,23,35H,5,8,10,16-18,21H2,1-4H3,(H,36,42)(H,39,40)(H,34,37,38)/b13-9+/t23-,32?/m1/s1. The molecule has 4 N–H and O–H groups in total. The fourth-order valence-electron chi connectivity index (χ4n) is 5.50. The average Bonchev–Trinajstić information content (AvgIpc) is 3.41. The van der Waals surface area contributed by atoms with Crippen LogP contribution in [0, 0.1) is 0 Å². The second-order valence-electron chi connectivity index (χ2n) is 11.6. The number of anilines is 2. The number of aromatic amines is 1. The number of pyridine rings is 1. The molecule has 0 radical (unpaired) electrons. The van der Waals surface area contributed by atoms with Crippen molar-refractivity contribution in [3.05, 3.63) is 72.2 Å². The average molecular weight is 568 g/mol. The molecule has 5 rings (SSSR count). The van der Waals surface area contributed by atoms with Crippen LogP contribution in [0.15, 0.2) is 60.9 Å². The van der Waals surface area contributed by atoms with Gasteiger partial charge in [-0.2, -0.15) is 5.10 Å². The number of rotatable bonds is 11. The first-order chi connectivity index (χ1) is 20.3. The van der Waals surface area contributed by atoms with Crippen molar-refractivity contribution in [3.63, 3.8) is 0 Å². The van der Waals surface area contributed by atoms with E-state index in [9.17, 15) is 4.79 Å². The zero-order valence-electron chi connectivity index (χ0n) is 24.9. The number of nitrogens with one attached hydrogen (secondary N) is 4. The van der Waals surface area contributed by atoms with Crippen molar-refractivity contribution in [2.75, 3.05) is 31.3 Å². The zero-order valence-corrected chi connectivity index (χ0v) is 24.9. The first-order valence-electron chi connectivity index (χ1n) is 14.7. The van der Waals surface area contributed by atoms with Gasteiger partial charge in [-0.1, -0.05) is 31.2 Å². The van der Waals surface area contributed by atoms with Gasteiger partial charge in [0.1, 0.15) is 5.69 Å². The molecular weight excluding hydrogens is 526 g/mol. The van der Waals surface area contributed by atoms with E-state index in [1.165, 1.54) is 0 Å². The Morgan fingerprint density at radius 2 is 2.00 bits per heavy atom. The highest BCUT2D eigenvalue weighted by molar-refractivity contribution is 5.99. The quantitative estimate of drug-likeness (QED) is 0.188. The van der Waals surface area contributed by atoms with Gasteiger partial charge in [-0.05, 0) is 76.9 Å². The highest BCUT2D eigenvalue weighted by Gasteiger charge is 2.32. The normalized spacial score (nSPS) is 19.0. The lowest BCUT2D eigenvalue weighted by atomic mass is 9.80. The van der Waals surface area contributed by atoms with Crippen molar-refractivity contribution in [2.24, 2.45) is 0 Å². The molecule has 10 heteroatoms. The van der Waals surface area contributed by atoms with Gasteiger partial charge in [-0.15, -0.1) is 0 Å². The number of hydrogen-bond donors (Lipinski definition) is 4. The maximum Gasteiger partial charge on any atom is 0.248 e. The Morgan fingerprint density at radius 3 is 2.79 bits per heavy atom. The molecule has 3 heterocycles. The van der Waals surface area contributed by atoms with Crippen LogP contribution in [-0.2, 0) is 17.8 Å². The minimum atomic E-state index is -0.157. The number of nitrogens with zero attached hydrogens (tertiary/aromatic N) is 5. The van der Waals surface area contributed by atoms with Gasteiger partial charge in [0.2, 0.25) is 11.9 Å². The molecule has 42 heavy (non-hydrogen) atoms. The highest BCUT2D eigenvalue weighted by atomic mass is 16.1. The fourth-order valence-corrected chi connectivity index (χ4v) is 5.50. The Morgan fingerprint density at radius 1 is 1.14 bits per heavy atom. The largest absolute Gasteiger partial charge is 0.351 e. The second kappa shape index (κ2) is 13.2. The maximum absolute atomic E-state index is 12.1. The molecule has 1 amide bonds. The van der Waals surface area contributed by atoms with Gasteiger partial charge in [-0.3, -0.25) is 14.9 Å². The monoisotopic (exact) mass is 567 g/mol. The van der Waals surface area contributed by atoms with E-state index in [4.69, 9.17) is 4.98 Å². The Balaban J connectivity index is 1.19. The Labute approximate surface area is 247 Å². The van der Waals surface area contributed by atoms with Crippen LogP contribution in [0.5, 0.6) is 0 Å². The number of fused-ring (bicyclic) bond motifs is 1. The minimum Gasteiger partial charge on any atom is -0.351 e. The van der Waals surface area contributed by atoms with Crippen LogP contribution in [0.25, 0.3) is 22.3 Å². The number of amides is 1. The molecule has 1 unspecified atom stereocenters. The molecule has 2 atom stereocenters. The summed E-state index contributed by atoms with van der Waals surface area (Å²) in [5.74, 6) is 0.482. The molecule has 1 fully saturated rings. The van der Waals surface area contributed by atoms with Crippen LogP contribution in [0.4, 0.5) is 11.6 Å². The summed E-state index contributed by atoms with van der Waals surface area (Å²) in [6.07, 6.45) is 12.0. The summed E-state index contributed by atoms with van der Waals surface area (Å²) < 4.78 is 0.